The lowest BCUT2D eigenvalue weighted by molar-refractivity contribution is -0.125. The molecule has 2 aromatic carbocycles. The summed E-state index contributed by atoms with van der Waals surface area (Å²) in [5, 5.41) is 0.532. The first-order valence-corrected chi connectivity index (χ1v) is 8.12. The Morgan fingerprint density at radius 3 is 2.65 bits per heavy atom. The molecule has 0 radical (unpaired) electrons. The zero-order valence-corrected chi connectivity index (χ0v) is 14.6. The number of fused-ring (bicyclic) bond motifs is 1. The Balaban J connectivity index is 1.70. The molecule has 6 nitrogen and oxygen atoms in total. The molecule has 0 aliphatic rings. The number of carbonyl (C=O) groups is 1. The Kier molecular flexibility index (Phi) is 5.12. The first-order chi connectivity index (χ1) is 12.6. The number of methoxy groups -OCH3 is 1. The predicted octanol–water partition coefficient (Wildman–Crippen LogP) is 2.60. The van der Waals surface area contributed by atoms with Gasteiger partial charge in [-0.1, -0.05) is 24.3 Å². The fourth-order valence-corrected chi connectivity index (χ4v) is 2.52. The Labute approximate surface area is 150 Å². The van der Waals surface area contributed by atoms with Crippen LogP contribution in [0.4, 0.5) is 0 Å². The summed E-state index contributed by atoms with van der Waals surface area (Å²) >= 11 is 0. The molecule has 0 saturated heterocycles. The van der Waals surface area contributed by atoms with Crippen LogP contribution < -0.4 is 10.3 Å². The van der Waals surface area contributed by atoms with E-state index in [1.165, 1.54) is 11.0 Å². The molecule has 1 N–H and O–H groups in total. The van der Waals surface area contributed by atoms with Gasteiger partial charge < -0.3 is 14.6 Å². The van der Waals surface area contributed by atoms with Crippen LogP contribution in [0.15, 0.2) is 59.4 Å². The van der Waals surface area contributed by atoms with Crippen LogP contribution >= 0.6 is 0 Å². The number of H-pyrrole nitrogens is 1. The highest BCUT2D eigenvalue weighted by Crippen LogP contribution is 2.12. The maximum absolute atomic E-state index is 12.3. The molecule has 0 fully saturated rings. The van der Waals surface area contributed by atoms with Gasteiger partial charge in [0.1, 0.15) is 11.6 Å². The minimum atomic E-state index is -0.208. The summed E-state index contributed by atoms with van der Waals surface area (Å²) in [6, 6.07) is 14.5. The van der Waals surface area contributed by atoms with Crippen molar-refractivity contribution in [2.75, 3.05) is 14.2 Å². The van der Waals surface area contributed by atoms with Crippen molar-refractivity contribution in [3.63, 3.8) is 0 Å². The minimum absolute atomic E-state index is 0.184. The van der Waals surface area contributed by atoms with E-state index in [9.17, 15) is 9.59 Å². The number of aromatic amines is 1. The first-order valence-electron chi connectivity index (χ1n) is 8.12. The summed E-state index contributed by atoms with van der Waals surface area (Å²) in [6.07, 6.45) is 3.22. The third kappa shape index (κ3) is 3.97. The van der Waals surface area contributed by atoms with Gasteiger partial charge in [0, 0.05) is 13.1 Å². The van der Waals surface area contributed by atoms with Crippen molar-refractivity contribution in [1.29, 1.82) is 0 Å². The van der Waals surface area contributed by atoms with Crippen LogP contribution in [0.5, 0.6) is 5.75 Å². The van der Waals surface area contributed by atoms with Crippen molar-refractivity contribution in [2.24, 2.45) is 0 Å². The molecule has 3 rings (SSSR count). The van der Waals surface area contributed by atoms with Crippen molar-refractivity contribution in [3.8, 4) is 5.75 Å². The molecule has 1 amide bonds. The first kappa shape index (κ1) is 17.4. The Morgan fingerprint density at radius 1 is 1.19 bits per heavy atom. The van der Waals surface area contributed by atoms with Crippen LogP contribution in [0, 0.1) is 0 Å². The molecule has 0 aliphatic carbocycles. The van der Waals surface area contributed by atoms with Gasteiger partial charge >= 0.3 is 0 Å². The van der Waals surface area contributed by atoms with E-state index in [1.54, 1.807) is 38.4 Å². The maximum Gasteiger partial charge on any atom is 0.258 e. The molecule has 0 unspecified atom stereocenters. The van der Waals surface area contributed by atoms with E-state index in [4.69, 9.17) is 4.74 Å². The maximum atomic E-state index is 12.3. The number of amides is 1. The number of para-hydroxylation sites is 1. The molecule has 3 aromatic rings. The third-order valence-electron chi connectivity index (χ3n) is 3.96. The fraction of sp³-hybridized carbons (Fsp3) is 0.150. The molecular weight excluding hydrogens is 330 g/mol. The van der Waals surface area contributed by atoms with E-state index in [2.05, 4.69) is 9.97 Å². The van der Waals surface area contributed by atoms with Gasteiger partial charge in [0.25, 0.3) is 5.56 Å². The SMILES string of the molecule is COc1ccc(/C=C/C(=O)N(C)Cc2nc3ccccc3c(=O)[nH]2)cc1. The van der Waals surface area contributed by atoms with Crippen molar-refractivity contribution >= 4 is 22.9 Å². The number of hydrogen-bond donors (Lipinski definition) is 1. The monoisotopic (exact) mass is 349 g/mol. The summed E-state index contributed by atoms with van der Waals surface area (Å²) in [7, 11) is 3.27. The lowest BCUT2D eigenvalue weighted by Gasteiger charge is -2.14. The zero-order chi connectivity index (χ0) is 18.5. The molecule has 132 valence electrons. The molecule has 1 aromatic heterocycles. The van der Waals surface area contributed by atoms with Crippen molar-refractivity contribution in [1.82, 2.24) is 14.9 Å². The molecule has 0 atom stereocenters. The Morgan fingerprint density at radius 2 is 1.92 bits per heavy atom. The summed E-state index contributed by atoms with van der Waals surface area (Å²) in [5.41, 5.74) is 1.30. The second-order valence-corrected chi connectivity index (χ2v) is 5.83. The summed E-state index contributed by atoms with van der Waals surface area (Å²) in [4.78, 5) is 33.0. The van der Waals surface area contributed by atoms with Crippen LogP contribution in [0.2, 0.25) is 0 Å². The highest BCUT2D eigenvalue weighted by molar-refractivity contribution is 5.91. The van der Waals surface area contributed by atoms with Gasteiger partial charge in [-0.15, -0.1) is 0 Å². The quantitative estimate of drug-likeness (QED) is 0.719. The molecule has 0 bridgehead atoms. The average molecular weight is 349 g/mol. The lowest BCUT2D eigenvalue weighted by atomic mass is 10.2. The minimum Gasteiger partial charge on any atom is -0.497 e. The highest BCUT2D eigenvalue weighted by atomic mass is 16.5. The summed E-state index contributed by atoms with van der Waals surface area (Å²) < 4.78 is 5.10. The Bertz CT molecular complexity index is 1010. The number of likely N-dealkylation sites (N-methyl/N-ethyl adjacent to an activating group) is 1. The molecule has 0 spiro atoms. The van der Waals surface area contributed by atoms with Gasteiger partial charge in [-0.25, -0.2) is 4.98 Å². The standard InChI is InChI=1S/C20H19N3O3/c1-23(19(24)12-9-14-7-10-15(26-2)11-8-14)13-18-21-17-6-4-3-5-16(17)20(25)22-18/h3-12H,13H2,1-2H3,(H,21,22,25)/b12-9+. The van der Waals surface area contributed by atoms with Crippen molar-refractivity contribution < 1.29 is 9.53 Å². The predicted molar refractivity (Wildman–Crippen MR) is 101 cm³/mol. The van der Waals surface area contributed by atoms with E-state index in [0.717, 1.165) is 11.3 Å². The number of ether oxygens (including phenoxy) is 1. The second kappa shape index (κ2) is 7.65. The number of aromatic nitrogens is 2. The molecule has 26 heavy (non-hydrogen) atoms. The third-order valence-corrected chi connectivity index (χ3v) is 3.96. The number of carbonyl (C=O) groups excluding carboxylic acids is 1. The zero-order valence-electron chi connectivity index (χ0n) is 14.6. The molecular formula is C20H19N3O3. The fourth-order valence-electron chi connectivity index (χ4n) is 2.52. The van der Waals surface area contributed by atoms with Gasteiger partial charge in [-0.3, -0.25) is 9.59 Å². The molecule has 0 saturated carbocycles. The van der Waals surface area contributed by atoms with Crippen LogP contribution in [-0.2, 0) is 11.3 Å². The largest absolute Gasteiger partial charge is 0.497 e. The highest BCUT2D eigenvalue weighted by Gasteiger charge is 2.09. The van der Waals surface area contributed by atoms with Crippen molar-refractivity contribution in [2.45, 2.75) is 6.54 Å². The van der Waals surface area contributed by atoms with Crippen molar-refractivity contribution in [3.05, 3.63) is 76.3 Å². The van der Waals surface area contributed by atoms with Gasteiger partial charge in [0.05, 0.1) is 24.6 Å². The van der Waals surface area contributed by atoms with Gasteiger partial charge in [0.2, 0.25) is 5.91 Å². The van der Waals surface area contributed by atoms with Gasteiger partial charge in [-0.2, -0.15) is 0 Å². The van der Waals surface area contributed by atoms with Gasteiger partial charge in [0.15, 0.2) is 0 Å². The molecule has 1 heterocycles. The number of nitrogens with zero attached hydrogens (tertiary/aromatic N) is 2. The number of rotatable bonds is 5. The number of hydrogen-bond acceptors (Lipinski definition) is 4. The lowest BCUT2D eigenvalue weighted by Crippen LogP contribution is -2.26. The summed E-state index contributed by atoms with van der Waals surface area (Å²) in [5.74, 6) is 1.02. The summed E-state index contributed by atoms with van der Waals surface area (Å²) in [6.45, 7) is 0.214. The molecule has 0 aliphatic heterocycles. The van der Waals surface area contributed by atoms with Crippen LogP contribution in [-0.4, -0.2) is 34.9 Å². The van der Waals surface area contributed by atoms with E-state index in [-0.39, 0.29) is 18.0 Å². The number of benzene rings is 2. The van der Waals surface area contributed by atoms with Crippen LogP contribution in [0.3, 0.4) is 0 Å². The number of nitrogens with one attached hydrogen (secondary N) is 1. The smallest absolute Gasteiger partial charge is 0.258 e. The second-order valence-electron chi connectivity index (χ2n) is 5.83. The topological polar surface area (TPSA) is 75.3 Å². The normalized spacial score (nSPS) is 11.0. The van der Waals surface area contributed by atoms with Gasteiger partial charge in [-0.05, 0) is 35.9 Å². The van der Waals surface area contributed by atoms with Crippen LogP contribution in [0.25, 0.3) is 17.0 Å². The molecule has 6 heteroatoms. The van der Waals surface area contributed by atoms with E-state index < -0.39 is 0 Å². The van der Waals surface area contributed by atoms with Crippen LogP contribution in [0.1, 0.15) is 11.4 Å². The average Bonchev–Trinajstić information content (AvgIpc) is 2.66. The Hall–Kier alpha value is -3.41. The van der Waals surface area contributed by atoms with E-state index >= 15 is 0 Å². The van der Waals surface area contributed by atoms with E-state index in [1.807, 2.05) is 30.3 Å². The van der Waals surface area contributed by atoms with E-state index in [0.29, 0.717) is 16.7 Å².